The molecule has 1 radical (unpaired) electrons. The Kier molecular flexibility index (Phi) is 3.47. The Bertz CT molecular complexity index is 147. The summed E-state index contributed by atoms with van der Waals surface area (Å²) < 4.78 is 0. The second kappa shape index (κ2) is 3.62. The van der Waals surface area contributed by atoms with Crippen LogP contribution in [0.15, 0.2) is 11.1 Å². The fourth-order valence-electron chi connectivity index (χ4n) is 0.439. The summed E-state index contributed by atoms with van der Waals surface area (Å²) in [7, 11) is 0. The molecule has 0 N–H and O–H groups in total. The molecule has 0 rings (SSSR count). The van der Waals surface area contributed by atoms with E-state index in [-0.39, 0.29) is 5.12 Å². The van der Waals surface area contributed by atoms with E-state index in [1.54, 1.807) is 6.92 Å². The van der Waals surface area contributed by atoms with Gasteiger partial charge in [-0.25, -0.2) is 0 Å². The standard InChI is InChI=1S/C7H11OS/c1-4-5(2)6(3)7(8)9/h4H2,1-3H3/b6-5+. The van der Waals surface area contributed by atoms with Crippen LogP contribution in [-0.2, 0) is 4.79 Å². The Hall–Kier alpha value is -0.370. The lowest BCUT2D eigenvalue weighted by Gasteiger charge is -1.97. The van der Waals surface area contributed by atoms with Gasteiger partial charge in [0.1, 0.15) is 0 Å². The highest BCUT2D eigenvalue weighted by Crippen LogP contribution is 2.08. The molecule has 2 heteroatoms. The minimum Gasteiger partial charge on any atom is -0.277 e. The molecule has 0 aromatic rings. The van der Waals surface area contributed by atoms with E-state index in [9.17, 15) is 4.79 Å². The van der Waals surface area contributed by atoms with Gasteiger partial charge in [0.2, 0.25) is 5.12 Å². The number of carbonyl (C=O) groups excluding carboxylic acids is 1. The van der Waals surface area contributed by atoms with Gasteiger partial charge < -0.3 is 0 Å². The predicted molar refractivity (Wildman–Crippen MR) is 41.3 cm³/mol. The zero-order valence-corrected chi connectivity index (χ0v) is 6.84. The molecule has 0 atom stereocenters. The van der Waals surface area contributed by atoms with Crippen molar-refractivity contribution in [1.29, 1.82) is 0 Å². The van der Waals surface area contributed by atoms with Crippen molar-refractivity contribution in [1.82, 2.24) is 0 Å². The smallest absolute Gasteiger partial charge is 0.245 e. The van der Waals surface area contributed by atoms with E-state index in [0.29, 0.717) is 0 Å². The van der Waals surface area contributed by atoms with Gasteiger partial charge in [-0.3, -0.25) is 4.79 Å². The van der Waals surface area contributed by atoms with E-state index in [4.69, 9.17) is 0 Å². The van der Waals surface area contributed by atoms with Crippen molar-refractivity contribution >= 4 is 17.7 Å². The van der Waals surface area contributed by atoms with Crippen LogP contribution in [0.1, 0.15) is 27.2 Å². The van der Waals surface area contributed by atoms with E-state index >= 15 is 0 Å². The molecule has 0 aromatic heterocycles. The second-order valence-electron chi connectivity index (χ2n) is 2.05. The Morgan fingerprint density at radius 2 is 1.89 bits per heavy atom. The van der Waals surface area contributed by atoms with E-state index in [2.05, 4.69) is 12.6 Å². The Morgan fingerprint density at radius 1 is 1.44 bits per heavy atom. The maximum Gasteiger partial charge on any atom is 0.245 e. The van der Waals surface area contributed by atoms with Crippen molar-refractivity contribution in [3.05, 3.63) is 11.1 Å². The molecule has 0 fully saturated rings. The van der Waals surface area contributed by atoms with Crippen LogP contribution < -0.4 is 0 Å². The van der Waals surface area contributed by atoms with Gasteiger partial charge >= 0.3 is 0 Å². The topological polar surface area (TPSA) is 17.1 Å². The average molecular weight is 143 g/mol. The van der Waals surface area contributed by atoms with Gasteiger partial charge in [0, 0.05) is 5.57 Å². The van der Waals surface area contributed by atoms with Crippen molar-refractivity contribution in [2.24, 2.45) is 0 Å². The summed E-state index contributed by atoms with van der Waals surface area (Å²) >= 11 is 4.45. The first kappa shape index (κ1) is 8.63. The number of rotatable bonds is 2. The Balaban J connectivity index is 4.28. The van der Waals surface area contributed by atoms with Crippen LogP contribution in [-0.4, -0.2) is 5.12 Å². The quantitative estimate of drug-likeness (QED) is 0.543. The maximum absolute atomic E-state index is 10.5. The van der Waals surface area contributed by atoms with Crippen LogP contribution in [0.5, 0.6) is 0 Å². The summed E-state index contributed by atoms with van der Waals surface area (Å²) in [5, 5.41) is -0.227. The minimum absolute atomic E-state index is 0.227. The largest absolute Gasteiger partial charge is 0.277 e. The van der Waals surface area contributed by atoms with E-state index < -0.39 is 0 Å². The molecule has 0 unspecified atom stereocenters. The molecular formula is C7H11OS. The van der Waals surface area contributed by atoms with E-state index in [1.807, 2.05) is 13.8 Å². The van der Waals surface area contributed by atoms with Crippen LogP contribution >= 0.6 is 12.6 Å². The third-order valence-electron chi connectivity index (χ3n) is 1.48. The SMILES string of the molecule is CC/C(C)=C(\C)C(=O)[S]. The highest BCUT2D eigenvalue weighted by atomic mass is 32.1. The molecule has 0 bridgehead atoms. The molecule has 1 nitrogen and oxygen atoms in total. The van der Waals surface area contributed by atoms with E-state index in [1.165, 1.54) is 0 Å². The molecule has 0 saturated carbocycles. The highest BCUT2D eigenvalue weighted by molar-refractivity contribution is 7.97. The zero-order valence-electron chi connectivity index (χ0n) is 6.02. The van der Waals surface area contributed by atoms with Crippen molar-refractivity contribution in [2.75, 3.05) is 0 Å². The van der Waals surface area contributed by atoms with Crippen molar-refractivity contribution in [2.45, 2.75) is 27.2 Å². The van der Waals surface area contributed by atoms with Crippen LogP contribution in [0, 0.1) is 0 Å². The summed E-state index contributed by atoms with van der Waals surface area (Å²) in [6, 6.07) is 0. The van der Waals surface area contributed by atoms with Crippen LogP contribution in [0.3, 0.4) is 0 Å². The lowest BCUT2D eigenvalue weighted by atomic mass is 10.1. The van der Waals surface area contributed by atoms with Crippen LogP contribution in [0.4, 0.5) is 0 Å². The first-order chi connectivity index (χ1) is 4.09. The van der Waals surface area contributed by atoms with Gasteiger partial charge in [0.05, 0.1) is 0 Å². The lowest BCUT2D eigenvalue weighted by Crippen LogP contribution is -1.91. The molecule has 0 spiro atoms. The summed E-state index contributed by atoms with van der Waals surface area (Å²) in [5.74, 6) is 0. The van der Waals surface area contributed by atoms with Gasteiger partial charge in [-0.1, -0.05) is 12.5 Å². The molecule has 51 valence electrons. The average Bonchev–Trinajstić information content (AvgIpc) is 1.84. The number of allylic oxidation sites excluding steroid dienone is 1. The summed E-state index contributed by atoms with van der Waals surface area (Å²) in [6.07, 6.45) is 0.911. The van der Waals surface area contributed by atoms with E-state index in [0.717, 1.165) is 17.6 Å². The monoisotopic (exact) mass is 143 g/mol. The highest BCUT2D eigenvalue weighted by Gasteiger charge is 2.00. The van der Waals surface area contributed by atoms with Crippen molar-refractivity contribution in [3.63, 3.8) is 0 Å². The first-order valence-corrected chi connectivity index (χ1v) is 3.38. The fraction of sp³-hybridized carbons (Fsp3) is 0.571. The van der Waals surface area contributed by atoms with Crippen molar-refractivity contribution < 1.29 is 4.79 Å². The Labute approximate surface area is 61.6 Å². The number of hydrogen-bond donors (Lipinski definition) is 0. The summed E-state index contributed by atoms with van der Waals surface area (Å²) in [5.41, 5.74) is 1.82. The fourth-order valence-corrected chi connectivity index (χ4v) is 0.614. The molecule has 0 aliphatic carbocycles. The molecule has 0 heterocycles. The minimum atomic E-state index is -0.227. The van der Waals surface area contributed by atoms with Gasteiger partial charge in [0.25, 0.3) is 0 Å². The molecule has 0 saturated heterocycles. The summed E-state index contributed by atoms with van der Waals surface area (Å²) in [6.45, 7) is 5.71. The summed E-state index contributed by atoms with van der Waals surface area (Å²) in [4.78, 5) is 10.5. The third kappa shape index (κ3) is 2.61. The van der Waals surface area contributed by atoms with Gasteiger partial charge in [-0.2, -0.15) is 0 Å². The molecule has 0 aliphatic rings. The maximum atomic E-state index is 10.5. The molecule has 0 aromatic carbocycles. The second-order valence-corrected chi connectivity index (χ2v) is 2.42. The van der Waals surface area contributed by atoms with Gasteiger partial charge in [0.15, 0.2) is 0 Å². The number of carbonyl (C=O) groups is 1. The van der Waals surface area contributed by atoms with Crippen molar-refractivity contribution in [3.8, 4) is 0 Å². The van der Waals surface area contributed by atoms with Gasteiger partial charge in [-0.15, -0.1) is 0 Å². The van der Waals surface area contributed by atoms with Crippen LogP contribution in [0.25, 0.3) is 0 Å². The molecule has 9 heavy (non-hydrogen) atoms. The van der Waals surface area contributed by atoms with Gasteiger partial charge in [-0.05, 0) is 32.9 Å². The molecule has 0 amide bonds. The number of hydrogen-bond acceptors (Lipinski definition) is 1. The zero-order chi connectivity index (χ0) is 7.44. The molecular weight excluding hydrogens is 132 g/mol. The third-order valence-corrected chi connectivity index (χ3v) is 1.78. The predicted octanol–water partition coefficient (Wildman–Crippen LogP) is 2.46. The lowest BCUT2D eigenvalue weighted by molar-refractivity contribution is -0.107. The first-order valence-electron chi connectivity index (χ1n) is 2.97. The van der Waals surface area contributed by atoms with Crippen LogP contribution in [0.2, 0.25) is 0 Å². The Morgan fingerprint density at radius 3 is 2.00 bits per heavy atom. The molecule has 0 aliphatic heterocycles. The normalized spacial score (nSPS) is 12.8.